The largest absolute Gasteiger partial charge is 0.464 e. The lowest BCUT2D eigenvalue weighted by atomic mass is 10.1. The van der Waals surface area contributed by atoms with Gasteiger partial charge in [-0.1, -0.05) is 30.3 Å². The van der Waals surface area contributed by atoms with Crippen LogP contribution in [0.5, 0.6) is 0 Å². The first-order chi connectivity index (χ1) is 9.72. The van der Waals surface area contributed by atoms with E-state index < -0.39 is 5.97 Å². The number of rotatable bonds is 2. The van der Waals surface area contributed by atoms with E-state index in [2.05, 4.69) is 20.0 Å². The summed E-state index contributed by atoms with van der Waals surface area (Å²) in [6.45, 7) is 1.76. The zero-order valence-corrected chi connectivity index (χ0v) is 11.1. The van der Waals surface area contributed by atoms with E-state index in [9.17, 15) is 4.79 Å². The molecular weight excluding hydrogens is 256 g/mol. The first kappa shape index (κ1) is 12.3. The van der Waals surface area contributed by atoms with Crippen molar-refractivity contribution in [1.29, 1.82) is 0 Å². The Hall–Kier alpha value is -2.76. The van der Waals surface area contributed by atoms with Crippen molar-refractivity contribution in [3.05, 3.63) is 47.9 Å². The number of carbonyl (C=O) groups excluding carboxylic acids is 1. The average molecular weight is 268 g/mol. The van der Waals surface area contributed by atoms with Crippen molar-refractivity contribution in [1.82, 2.24) is 19.8 Å². The molecule has 6 heteroatoms. The summed E-state index contributed by atoms with van der Waals surface area (Å²) < 4.78 is 6.27. The summed E-state index contributed by atoms with van der Waals surface area (Å²) in [7, 11) is 1.31. The minimum Gasteiger partial charge on any atom is -0.464 e. The molecule has 0 fully saturated rings. The lowest BCUT2D eigenvalue weighted by molar-refractivity contribution is 0.0590. The van der Waals surface area contributed by atoms with Crippen LogP contribution in [0.4, 0.5) is 0 Å². The van der Waals surface area contributed by atoms with Crippen LogP contribution < -0.4 is 0 Å². The Balaban J connectivity index is 2.21. The van der Waals surface area contributed by atoms with Crippen molar-refractivity contribution < 1.29 is 9.53 Å². The highest BCUT2D eigenvalue weighted by molar-refractivity contribution is 5.88. The van der Waals surface area contributed by atoms with Crippen molar-refractivity contribution >= 4 is 11.6 Å². The number of esters is 1. The zero-order chi connectivity index (χ0) is 14.1. The van der Waals surface area contributed by atoms with Crippen LogP contribution in [0.25, 0.3) is 16.8 Å². The van der Waals surface area contributed by atoms with Gasteiger partial charge in [0.2, 0.25) is 0 Å². The molecule has 0 aliphatic heterocycles. The van der Waals surface area contributed by atoms with Crippen molar-refractivity contribution in [3.8, 4) is 11.1 Å². The molecule has 3 aromatic rings. The monoisotopic (exact) mass is 268 g/mol. The fourth-order valence-corrected chi connectivity index (χ4v) is 2.06. The van der Waals surface area contributed by atoms with E-state index in [1.807, 2.05) is 30.3 Å². The van der Waals surface area contributed by atoms with E-state index in [1.165, 1.54) is 7.11 Å². The third kappa shape index (κ3) is 1.82. The van der Waals surface area contributed by atoms with E-state index in [0.29, 0.717) is 11.3 Å². The van der Waals surface area contributed by atoms with Crippen molar-refractivity contribution in [2.45, 2.75) is 6.92 Å². The summed E-state index contributed by atoms with van der Waals surface area (Å²) in [6, 6.07) is 9.79. The molecule has 0 unspecified atom stereocenters. The number of fused-ring (bicyclic) bond motifs is 1. The normalized spacial score (nSPS) is 10.7. The molecule has 0 spiro atoms. The highest BCUT2D eigenvalue weighted by Crippen LogP contribution is 2.23. The van der Waals surface area contributed by atoms with Crippen LogP contribution in [-0.4, -0.2) is 32.9 Å². The minimum absolute atomic E-state index is 0.169. The SMILES string of the molecule is COC(=O)c1nnc2c(-c3ccccc3)cnn2c1C. The standard InChI is InChI=1S/C14H12N4O2/c1-9-12(14(19)20-2)16-17-13-11(8-15-18(9)13)10-6-4-3-5-7-10/h3-8H,1-2H3. The van der Waals surface area contributed by atoms with Crippen LogP contribution in [-0.2, 0) is 4.74 Å². The lowest BCUT2D eigenvalue weighted by Gasteiger charge is -2.04. The number of benzene rings is 1. The fourth-order valence-electron chi connectivity index (χ4n) is 2.06. The molecule has 0 amide bonds. The summed E-state index contributed by atoms with van der Waals surface area (Å²) in [5.74, 6) is -0.520. The van der Waals surface area contributed by atoms with Crippen molar-refractivity contribution in [3.63, 3.8) is 0 Å². The van der Waals surface area contributed by atoms with Crippen LogP contribution in [0.3, 0.4) is 0 Å². The number of hydrogen-bond acceptors (Lipinski definition) is 5. The van der Waals surface area contributed by atoms with Crippen molar-refractivity contribution in [2.75, 3.05) is 7.11 Å². The van der Waals surface area contributed by atoms with E-state index in [0.717, 1.165) is 11.1 Å². The second kappa shape index (κ2) is 4.73. The van der Waals surface area contributed by atoms with Gasteiger partial charge >= 0.3 is 5.97 Å². The van der Waals surface area contributed by atoms with Crippen LogP contribution in [0.15, 0.2) is 36.5 Å². The number of carbonyl (C=O) groups is 1. The Bertz CT molecular complexity index is 780. The van der Waals surface area contributed by atoms with Gasteiger partial charge in [0.25, 0.3) is 0 Å². The van der Waals surface area contributed by atoms with Crippen LogP contribution >= 0.6 is 0 Å². The summed E-state index contributed by atoms with van der Waals surface area (Å²) in [4.78, 5) is 11.6. The number of hydrogen-bond donors (Lipinski definition) is 0. The topological polar surface area (TPSA) is 69.4 Å². The first-order valence-corrected chi connectivity index (χ1v) is 6.07. The van der Waals surface area contributed by atoms with Gasteiger partial charge in [-0.2, -0.15) is 5.10 Å². The predicted octanol–water partition coefficient (Wildman–Crippen LogP) is 1.89. The van der Waals surface area contributed by atoms with E-state index >= 15 is 0 Å². The predicted molar refractivity (Wildman–Crippen MR) is 72.3 cm³/mol. The molecule has 0 saturated heterocycles. The quantitative estimate of drug-likeness (QED) is 0.664. The summed E-state index contributed by atoms with van der Waals surface area (Å²) in [6.07, 6.45) is 1.72. The second-order valence-corrected chi connectivity index (χ2v) is 4.29. The van der Waals surface area contributed by atoms with Gasteiger partial charge in [-0.25, -0.2) is 9.31 Å². The molecule has 0 radical (unpaired) electrons. The molecule has 0 N–H and O–H groups in total. The maximum Gasteiger partial charge on any atom is 0.360 e. The molecule has 6 nitrogen and oxygen atoms in total. The van der Waals surface area contributed by atoms with Gasteiger partial charge in [-0.3, -0.25) is 0 Å². The minimum atomic E-state index is -0.520. The number of nitrogens with zero attached hydrogens (tertiary/aromatic N) is 4. The Kier molecular flexibility index (Phi) is 2.90. The lowest BCUT2D eigenvalue weighted by Crippen LogP contribution is -2.12. The molecule has 0 aliphatic carbocycles. The molecule has 2 aromatic heterocycles. The van der Waals surface area contributed by atoms with E-state index in [4.69, 9.17) is 0 Å². The Morgan fingerprint density at radius 3 is 2.65 bits per heavy atom. The summed E-state index contributed by atoms with van der Waals surface area (Å²) >= 11 is 0. The molecule has 0 saturated carbocycles. The maximum absolute atomic E-state index is 11.6. The van der Waals surface area contributed by atoms with Crippen molar-refractivity contribution in [2.24, 2.45) is 0 Å². The number of ether oxygens (including phenoxy) is 1. The molecule has 20 heavy (non-hydrogen) atoms. The molecule has 2 heterocycles. The molecule has 3 rings (SSSR count). The highest BCUT2D eigenvalue weighted by atomic mass is 16.5. The molecular formula is C14H12N4O2. The van der Waals surface area contributed by atoms with Gasteiger partial charge < -0.3 is 4.74 Å². The van der Waals surface area contributed by atoms with Crippen LogP contribution in [0.1, 0.15) is 16.2 Å². The first-order valence-electron chi connectivity index (χ1n) is 6.07. The second-order valence-electron chi connectivity index (χ2n) is 4.29. The zero-order valence-electron chi connectivity index (χ0n) is 11.1. The Labute approximate surface area is 115 Å². The van der Waals surface area contributed by atoms with E-state index in [1.54, 1.807) is 17.6 Å². The third-order valence-electron chi connectivity index (χ3n) is 3.11. The third-order valence-corrected chi connectivity index (χ3v) is 3.11. The van der Waals surface area contributed by atoms with Gasteiger partial charge in [-0.15, -0.1) is 10.2 Å². The van der Waals surface area contributed by atoms with Gasteiger partial charge in [0.1, 0.15) is 0 Å². The average Bonchev–Trinajstić information content (AvgIpc) is 2.92. The number of aromatic nitrogens is 4. The fraction of sp³-hybridized carbons (Fsp3) is 0.143. The van der Waals surface area contributed by atoms with Gasteiger partial charge in [0.05, 0.1) is 19.0 Å². The van der Waals surface area contributed by atoms with Crippen LogP contribution in [0.2, 0.25) is 0 Å². The molecule has 0 aliphatic rings. The Morgan fingerprint density at radius 1 is 1.20 bits per heavy atom. The van der Waals surface area contributed by atoms with Gasteiger partial charge in [0, 0.05) is 5.56 Å². The molecule has 1 aromatic carbocycles. The smallest absolute Gasteiger partial charge is 0.360 e. The number of aryl methyl sites for hydroxylation is 1. The van der Waals surface area contributed by atoms with E-state index in [-0.39, 0.29) is 5.69 Å². The Morgan fingerprint density at radius 2 is 1.95 bits per heavy atom. The molecule has 0 atom stereocenters. The van der Waals surface area contributed by atoms with Gasteiger partial charge in [-0.05, 0) is 12.5 Å². The highest BCUT2D eigenvalue weighted by Gasteiger charge is 2.18. The maximum atomic E-state index is 11.6. The molecule has 100 valence electrons. The van der Waals surface area contributed by atoms with Crippen LogP contribution in [0, 0.1) is 6.92 Å². The summed E-state index contributed by atoms with van der Waals surface area (Å²) in [5.41, 5.74) is 3.26. The number of methoxy groups -OCH3 is 1. The molecule has 0 bridgehead atoms. The van der Waals surface area contributed by atoms with Gasteiger partial charge in [0.15, 0.2) is 11.3 Å². The summed E-state index contributed by atoms with van der Waals surface area (Å²) in [5, 5.41) is 12.3.